The van der Waals surface area contributed by atoms with Crippen LogP contribution in [0.4, 0.5) is 11.4 Å². The number of fused-ring (bicyclic) bond motifs is 3. The average Bonchev–Trinajstić information content (AvgIpc) is 2.79. The number of hydrogen-bond acceptors (Lipinski definition) is 3. The van der Waals surface area contributed by atoms with Crippen molar-refractivity contribution in [1.82, 2.24) is 5.32 Å². The number of carbonyl (C=O) groups excluding carboxylic acids is 1. The molecule has 1 fully saturated rings. The van der Waals surface area contributed by atoms with Crippen LogP contribution in [0.2, 0.25) is 0 Å². The number of nitrogens with one attached hydrogen (secondary N) is 2. The van der Waals surface area contributed by atoms with Crippen molar-refractivity contribution < 1.29 is 4.79 Å². The third-order valence-electron chi connectivity index (χ3n) is 4.22. The van der Waals surface area contributed by atoms with Crippen molar-refractivity contribution >= 4 is 17.3 Å². The van der Waals surface area contributed by atoms with Gasteiger partial charge in [0.05, 0.1) is 18.6 Å². The van der Waals surface area contributed by atoms with E-state index in [1.54, 1.807) is 0 Å². The van der Waals surface area contributed by atoms with Crippen molar-refractivity contribution in [3.05, 3.63) is 60.2 Å². The van der Waals surface area contributed by atoms with Crippen LogP contribution in [0.3, 0.4) is 0 Å². The van der Waals surface area contributed by atoms with E-state index in [4.69, 9.17) is 0 Å². The maximum Gasteiger partial charge on any atom is 0.241 e. The molecule has 0 spiro atoms. The first-order valence-corrected chi connectivity index (χ1v) is 7.28. The number of nitrogens with zero attached hydrogens (tertiary/aromatic N) is 1. The van der Waals surface area contributed by atoms with E-state index in [-0.39, 0.29) is 18.0 Å². The van der Waals surface area contributed by atoms with Gasteiger partial charge in [0.2, 0.25) is 5.91 Å². The Morgan fingerprint density at radius 3 is 2.62 bits per heavy atom. The van der Waals surface area contributed by atoms with Crippen molar-refractivity contribution in [2.75, 3.05) is 23.3 Å². The highest BCUT2D eigenvalue weighted by Crippen LogP contribution is 2.40. The van der Waals surface area contributed by atoms with Gasteiger partial charge >= 0.3 is 0 Å². The van der Waals surface area contributed by atoms with E-state index < -0.39 is 0 Å². The van der Waals surface area contributed by atoms with Crippen molar-refractivity contribution in [3.63, 3.8) is 0 Å². The molecule has 2 aliphatic heterocycles. The van der Waals surface area contributed by atoms with E-state index in [2.05, 4.69) is 22.8 Å². The summed E-state index contributed by atoms with van der Waals surface area (Å²) in [6.45, 7) is 1.17. The Balaban J connectivity index is 1.84. The predicted octanol–water partition coefficient (Wildman–Crippen LogP) is 2.16. The summed E-state index contributed by atoms with van der Waals surface area (Å²) in [5.41, 5.74) is 3.29. The second-order valence-corrected chi connectivity index (χ2v) is 5.51. The van der Waals surface area contributed by atoms with Gasteiger partial charge in [-0.3, -0.25) is 4.79 Å². The quantitative estimate of drug-likeness (QED) is 0.841. The fourth-order valence-corrected chi connectivity index (χ4v) is 3.33. The molecule has 2 aliphatic rings. The number of anilines is 2. The summed E-state index contributed by atoms with van der Waals surface area (Å²) < 4.78 is 0. The van der Waals surface area contributed by atoms with Crippen LogP contribution in [0, 0.1) is 0 Å². The van der Waals surface area contributed by atoms with Crippen molar-refractivity contribution in [1.29, 1.82) is 0 Å². The summed E-state index contributed by atoms with van der Waals surface area (Å²) in [4.78, 5) is 14.5. The minimum atomic E-state index is 0.0473. The molecule has 4 nitrogen and oxygen atoms in total. The number of para-hydroxylation sites is 2. The van der Waals surface area contributed by atoms with E-state index >= 15 is 0 Å². The average molecular weight is 279 g/mol. The van der Waals surface area contributed by atoms with Gasteiger partial charge in [0.25, 0.3) is 0 Å². The lowest BCUT2D eigenvalue weighted by atomic mass is 10.0. The molecule has 1 saturated heterocycles. The van der Waals surface area contributed by atoms with Crippen molar-refractivity contribution in [2.45, 2.75) is 12.1 Å². The topological polar surface area (TPSA) is 44.4 Å². The minimum absolute atomic E-state index is 0.0473. The lowest BCUT2D eigenvalue weighted by Crippen LogP contribution is -2.39. The molecule has 4 rings (SSSR count). The van der Waals surface area contributed by atoms with Crippen LogP contribution in [0.1, 0.15) is 11.6 Å². The Hall–Kier alpha value is -2.33. The highest BCUT2D eigenvalue weighted by Gasteiger charge is 2.40. The molecule has 2 aromatic carbocycles. The van der Waals surface area contributed by atoms with E-state index in [0.29, 0.717) is 6.54 Å². The third-order valence-corrected chi connectivity index (χ3v) is 4.22. The van der Waals surface area contributed by atoms with Gasteiger partial charge in [-0.05, 0) is 18.2 Å². The number of rotatable bonds is 1. The van der Waals surface area contributed by atoms with Crippen LogP contribution < -0.4 is 15.5 Å². The molecule has 2 N–H and O–H groups in total. The van der Waals surface area contributed by atoms with Crippen molar-refractivity contribution in [2.24, 2.45) is 0 Å². The van der Waals surface area contributed by atoms with E-state index in [1.807, 2.05) is 47.4 Å². The Morgan fingerprint density at radius 1 is 1.00 bits per heavy atom. The smallest absolute Gasteiger partial charge is 0.241 e. The summed E-state index contributed by atoms with van der Waals surface area (Å²) in [6.07, 6.45) is 0. The second kappa shape index (κ2) is 4.90. The van der Waals surface area contributed by atoms with Crippen LogP contribution in [0.15, 0.2) is 54.6 Å². The lowest BCUT2D eigenvalue weighted by Gasteiger charge is -2.30. The molecule has 0 aliphatic carbocycles. The maximum absolute atomic E-state index is 12.6. The number of benzene rings is 2. The van der Waals surface area contributed by atoms with Crippen LogP contribution in [-0.2, 0) is 4.79 Å². The molecule has 0 aromatic heterocycles. The largest absolute Gasteiger partial charge is 0.378 e. The van der Waals surface area contributed by atoms with Crippen LogP contribution in [0.5, 0.6) is 0 Å². The summed E-state index contributed by atoms with van der Waals surface area (Å²) in [6, 6.07) is 18.4. The zero-order valence-electron chi connectivity index (χ0n) is 11.6. The monoisotopic (exact) mass is 279 g/mol. The summed E-state index contributed by atoms with van der Waals surface area (Å²) >= 11 is 0. The van der Waals surface area contributed by atoms with Gasteiger partial charge in [0.1, 0.15) is 0 Å². The number of hydrogen-bond donors (Lipinski definition) is 2. The summed E-state index contributed by atoms with van der Waals surface area (Å²) in [5.74, 6) is 0.118. The van der Waals surface area contributed by atoms with Crippen LogP contribution >= 0.6 is 0 Å². The Kier molecular flexibility index (Phi) is 2.89. The molecule has 2 atom stereocenters. The standard InChI is InChI=1S/C17H17N3O/c21-16-11-18-10-15-17(13-8-4-5-9-14(13)19-15)20(16)12-6-2-1-3-7-12/h1-9,15,17-19H,10-11H2. The Labute approximate surface area is 123 Å². The molecule has 0 radical (unpaired) electrons. The van der Waals surface area contributed by atoms with Gasteiger partial charge in [-0.1, -0.05) is 36.4 Å². The molecular weight excluding hydrogens is 262 g/mol. The first-order valence-electron chi connectivity index (χ1n) is 7.28. The molecule has 0 saturated carbocycles. The SMILES string of the molecule is O=C1CNCC2Nc3ccccc3C2N1c1ccccc1. The molecule has 4 heteroatoms. The molecule has 2 aromatic rings. The Bertz CT molecular complexity index is 671. The fourth-order valence-electron chi connectivity index (χ4n) is 3.33. The van der Waals surface area contributed by atoms with Gasteiger partial charge in [-0.15, -0.1) is 0 Å². The highest BCUT2D eigenvalue weighted by molar-refractivity contribution is 5.97. The number of amides is 1. The van der Waals surface area contributed by atoms with Gasteiger partial charge in [-0.25, -0.2) is 0 Å². The zero-order chi connectivity index (χ0) is 14.2. The molecule has 2 heterocycles. The van der Waals surface area contributed by atoms with Gasteiger partial charge < -0.3 is 15.5 Å². The number of carbonyl (C=O) groups is 1. The van der Waals surface area contributed by atoms with Gasteiger partial charge in [0.15, 0.2) is 0 Å². The molecule has 21 heavy (non-hydrogen) atoms. The minimum Gasteiger partial charge on any atom is -0.378 e. The first-order chi connectivity index (χ1) is 10.3. The molecular formula is C17H17N3O. The fraction of sp³-hybridized carbons (Fsp3) is 0.235. The predicted molar refractivity (Wildman–Crippen MR) is 83.4 cm³/mol. The van der Waals surface area contributed by atoms with Crippen LogP contribution in [-0.4, -0.2) is 25.0 Å². The third kappa shape index (κ3) is 1.99. The second-order valence-electron chi connectivity index (χ2n) is 5.51. The van der Waals surface area contributed by atoms with E-state index in [9.17, 15) is 4.79 Å². The first kappa shape index (κ1) is 12.4. The zero-order valence-corrected chi connectivity index (χ0v) is 11.6. The normalized spacial score (nSPS) is 24.0. The maximum atomic E-state index is 12.6. The molecule has 106 valence electrons. The van der Waals surface area contributed by atoms with Crippen molar-refractivity contribution in [3.8, 4) is 0 Å². The van der Waals surface area contributed by atoms with Gasteiger partial charge in [-0.2, -0.15) is 0 Å². The van der Waals surface area contributed by atoms with Crippen LogP contribution in [0.25, 0.3) is 0 Å². The summed E-state index contributed by atoms with van der Waals surface area (Å²) in [5, 5.41) is 6.79. The lowest BCUT2D eigenvalue weighted by molar-refractivity contribution is -0.117. The summed E-state index contributed by atoms with van der Waals surface area (Å²) in [7, 11) is 0. The molecule has 0 bridgehead atoms. The molecule has 1 amide bonds. The van der Waals surface area contributed by atoms with E-state index in [1.165, 1.54) is 5.56 Å². The van der Waals surface area contributed by atoms with E-state index in [0.717, 1.165) is 17.9 Å². The Morgan fingerprint density at radius 2 is 1.76 bits per heavy atom. The van der Waals surface area contributed by atoms with Gasteiger partial charge in [0, 0.05) is 23.5 Å². The molecule has 2 unspecified atom stereocenters. The highest BCUT2D eigenvalue weighted by atomic mass is 16.2.